The smallest absolute Gasteiger partial charge is 0.148 e. The second-order valence-electron chi connectivity index (χ2n) is 17.1. The van der Waals surface area contributed by atoms with Gasteiger partial charge in [-0.25, -0.2) is 0 Å². The molecule has 3 heterocycles. The molecule has 0 bridgehead atoms. The number of hydrogen-bond acceptors (Lipinski definition) is 3. The number of aromatic nitrogens is 4. The van der Waals surface area contributed by atoms with Gasteiger partial charge in [-0.1, -0.05) is 181 Å². The van der Waals surface area contributed by atoms with Crippen LogP contribution >= 0.6 is 11.3 Å². The Balaban J connectivity index is 0.926. The van der Waals surface area contributed by atoms with Crippen LogP contribution in [0, 0.1) is 0 Å². The van der Waals surface area contributed by atoms with E-state index in [0.717, 1.165) is 54.6 Å². The van der Waals surface area contributed by atoms with Gasteiger partial charge in [-0.05, 0) is 117 Å². The lowest BCUT2D eigenvalue weighted by Gasteiger charge is -2.14. The van der Waals surface area contributed by atoms with E-state index in [2.05, 4.69) is 252 Å². The van der Waals surface area contributed by atoms with Crippen LogP contribution in [0.3, 0.4) is 0 Å². The van der Waals surface area contributed by atoms with Crippen LogP contribution in [0.15, 0.2) is 243 Å². The Bertz CT molecular complexity index is 3850. The molecule has 67 heavy (non-hydrogen) atoms. The minimum Gasteiger partial charge on any atom is -0.309 e. The topological polar surface area (TPSA) is 35.6 Å². The van der Waals surface area contributed by atoms with Gasteiger partial charge in [-0.15, -0.1) is 10.2 Å². The highest BCUT2D eigenvalue weighted by atomic mass is 32.1. The lowest BCUT2D eigenvalue weighted by molar-refractivity contribution is 1.10. The molecule has 0 aliphatic heterocycles. The summed E-state index contributed by atoms with van der Waals surface area (Å²) >= 11 is 1.63. The largest absolute Gasteiger partial charge is 0.309 e. The Morgan fingerprint density at radius 1 is 0.239 bits per heavy atom. The average molecular weight is 873 g/mol. The van der Waals surface area contributed by atoms with Crippen LogP contribution in [-0.2, 0) is 0 Å². The summed E-state index contributed by atoms with van der Waals surface area (Å²) < 4.78 is 4.82. The molecule has 0 N–H and O–H groups in total. The molecule has 314 valence electrons. The van der Waals surface area contributed by atoms with Gasteiger partial charge in [-0.2, -0.15) is 0 Å². The molecule has 4 nitrogen and oxygen atoms in total. The van der Waals surface area contributed by atoms with Crippen molar-refractivity contribution in [1.29, 1.82) is 0 Å². The molecule has 5 heteroatoms. The van der Waals surface area contributed by atoms with Gasteiger partial charge >= 0.3 is 0 Å². The fourth-order valence-corrected chi connectivity index (χ4v) is 10.7. The molecule has 0 fully saturated rings. The monoisotopic (exact) mass is 872 g/mol. The summed E-state index contributed by atoms with van der Waals surface area (Å²) in [6, 6.07) is 87.5. The molecule has 0 radical (unpaired) electrons. The SMILES string of the molecule is c1ccc(-c2cc(-c3ccccc3)cc(-n3c4ccccc4c4cc(-c5nnc(-c6ccc7c8ccccc8n(-c8cc(-c9ccccc9)cc(-c9ccccc9)c8)c7c6)s5)ccc43)c2)cc1. The zero-order chi connectivity index (χ0) is 44.3. The van der Waals surface area contributed by atoms with Crippen LogP contribution in [0.4, 0.5) is 0 Å². The van der Waals surface area contributed by atoms with Gasteiger partial charge in [-0.3, -0.25) is 0 Å². The maximum atomic E-state index is 4.86. The average Bonchev–Trinajstić information content (AvgIpc) is 4.12. The molecule has 0 unspecified atom stereocenters. The zero-order valence-corrected chi connectivity index (χ0v) is 37.1. The second kappa shape index (κ2) is 16.1. The maximum Gasteiger partial charge on any atom is 0.148 e. The third-order valence-electron chi connectivity index (χ3n) is 13.0. The van der Waals surface area contributed by atoms with Gasteiger partial charge in [0.15, 0.2) is 0 Å². The van der Waals surface area contributed by atoms with E-state index in [4.69, 9.17) is 10.2 Å². The number of para-hydroxylation sites is 2. The van der Waals surface area contributed by atoms with Crippen molar-refractivity contribution in [3.63, 3.8) is 0 Å². The molecule has 10 aromatic carbocycles. The number of rotatable bonds is 8. The molecule has 0 amide bonds. The van der Waals surface area contributed by atoms with Crippen LogP contribution < -0.4 is 0 Å². The molecular formula is C62H40N4S. The fraction of sp³-hybridized carbons (Fsp3) is 0. The third kappa shape index (κ3) is 6.84. The molecule has 3 aromatic heterocycles. The molecule has 0 aliphatic carbocycles. The first-order valence-electron chi connectivity index (χ1n) is 22.6. The Hall–Kier alpha value is -8.64. The van der Waals surface area contributed by atoms with E-state index < -0.39 is 0 Å². The summed E-state index contributed by atoms with van der Waals surface area (Å²) in [5, 5.41) is 16.3. The van der Waals surface area contributed by atoms with Crippen molar-refractivity contribution in [2.24, 2.45) is 0 Å². The van der Waals surface area contributed by atoms with Gasteiger partial charge in [0.2, 0.25) is 0 Å². The number of fused-ring (bicyclic) bond motifs is 6. The number of hydrogen-bond donors (Lipinski definition) is 0. The Kier molecular flexibility index (Phi) is 9.32. The summed E-state index contributed by atoms with van der Waals surface area (Å²) in [5.41, 5.74) is 18.3. The molecule has 0 saturated carbocycles. The van der Waals surface area contributed by atoms with Crippen molar-refractivity contribution in [3.8, 4) is 77.0 Å². The van der Waals surface area contributed by atoms with E-state index >= 15 is 0 Å². The van der Waals surface area contributed by atoms with E-state index in [1.54, 1.807) is 11.3 Å². The Morgan fingerprint density at radius 2 is 0.597 bits per heavy atom. The fourth-order valence-electron chi connectivity index (χ4n) is 9.89. The van der Waals surface area contributed by atoms with E-state index in [1.807, 2.05) is 0 Å². The molecule has 0 aliphatic rings. The highest BCUT2D eigenvalue weighted by Crippen LogP contribution is 2.41. The van der Waals surface area contributed by atoms with Crippen LogP contribution in [0.25, 0.3) is 121 Å². The van der Waals surface area contributed by atoms with E-state index in [-0.39, 0.29) is 0 Å². The van der Waals surface area contributed by atoms with E-state index in [0.29, 0.717) is 0 Å². The molecule has 13 aromatic rings. The van der Waals surface area contributed by atoms with Gasteiger partial charge in [0, 0.05) is 44.0 Å². The zero-order valence-electron chi connectivity index (χ0n) is 36.3. The van der Waals surface area contributed by atoms with Crippen molar-refractivity contribution in [2.75, 3.05) is 0 Å². The van der Waals surface area contributed by atoms with E-state index in [1.165, 1.54) is 66.1 Å². The molecule has 13 rings (SSSR count). The van der Waals surface area contributed by atoms with Gasteiger partial charge in [0.1, 0.15) is 10.0 Å². The van der Waals surface area contributed by atoms with Crippen LogP contribution in [0.5, 0.6) is 0 Å². The van der Waals surface area contributed by atoms with Gasteiger partial charge < -0.3 is 9.13 Å². The second-order valence-corrected chi connectivity index (χ2v) is 18.1. The maximum absolute atomic E-state index is 4.86. The lowest BCUT2D eigenvalue weighted by Crippen LogP contribution is -1.96. The van der Waals surface area contributed by atoms with Crippen molar-refractivity contribution in [1.82, 2.24) is 19.3 Å². The third-order valence-corrected chi connectivity index (χ3v) is 14.1. The van der Waals surface area contributed by atoms with Crippen LogP contribution in [0.2, 0.25) is 0 Å². The molecule has 0 atom stereocenters. The minimum atomic E-state index is 0.880. The quantitative estimate of drug-likeness (QED) is 0.152. The summed E-state index contributed by atoms with van der Waals surface area (Å²) in [4.78, 5) is 0. The summed E-state index contributed by atoms with van der Waals surface area (Å²) in [6.45, 7) is 0. The number of benzene rings is 10. The summed E-state index contributed by atoms with van der Waals surface area (Å²) in [5.74, 6) is 0. The minimum absolute atomic E-state index is 0.880. The summed E-state index contributed by atoms with van der Waals surface area (Å²) in [6.07, 6.45) is 0. The van der Waals surface area contributed by atoms with Gasteiger partial charge in [0.25, 0.3) is 0 Å². The first kappa shape index (κ1) is 38.8. The van der Waals surface area contributed by atoms with Crippen molar-refractivity contribution < 1.29 is 0 Å². The van der Waals surface area contributed by atoms with Crippen molar-refractivity contribution in [2.45, 2.75) is 0 Å². The highest BCUT2D eigenvalue weighted by molar-refractivity contribution is 7.17. The molecule has 0 spiro atoms. The van der Waals surface area contributed by atoms with Crippen molar-refractivity contribution >= 4 is 54.9 Å². The Morgan fingerprint density at radius 3 is 1.07 bits per heavy atom. The molecular weight excluding hydrogens is 833 g/mol. The van der Waals surface area contributed by atoms with Gasteiger partial charge in [0.05, 0.1) is 22.1 Å². The molecule has 0 saturated heterocycles. The van der Waals surface area contributed by atoms with Crippen molar-refractivity contribution in [3.05, 3.63) is 243 Å². The van der Waals surface area contributed by atoms with Crippen LogP contribution in [-0.4, -0.2) is 19.3 Å². The normalized spacial score (nSPS) is 11.6. The first-order valence-corrected chi connectivity index (χ1v) is 23.5. The summed E-state index contributed by atoms with van der Waals surface area (Å²) in [7, 11) is 0. The van der Waals surface area contributed by atoms with Crippen LogP contribution in [0.1, 0.15) is 0 Å². The standard InChI is InChI=1S/C62H40N4S/c1-5-17-41(18-6-1)47-33-48(42-19-7-2-8-20-42)36-51(35-47)65-58-28-16-14-26-54(58)56-39-45(30-32-59(56)65)61-63-64-62(67-61)46-29-31-55-53-25-13-15-27-57(53)66(60(55)40-46)52-37-49(43-21-9-3-10-22-43)34-50(38-52)44-23-11-4-12-24-44/h1-40H. The first-order chi connectivity index (χ1) is 33.2. The Labute approximate surface area is 392 Å². The lowest BCUT2D eigenvalue weighted by atomic mass is 9.98. The van der Waals surface area contributed by atoms with E-state index in [9.17, 15) is 0 Å². The predicted octanol–water partition coefficient (Wildman–Crippen LogP) is 16.7. The highest BCUT2D eigenvalue weighted by Gasteiger charge is 2.19. The number of nitrogens with zero attached hydrogens (tertiary/aromatic N) is 4. The predicted molar refractivity (Wildman–Crippen MR) is 281 cm³/mol.